The third-order valence-corrected chi connectivity index (χ3v) is 2.65. The molecule has 0 radical (unpaired) electrons. The van der Waals surface area contributed by atoms with Crippen LogP contribution >= 0.6 is 11.3 Å². The van der Waals surface area contributed by atoms with E-state index in [-0.39, 0.29) is 6.54 Å². The van der Waals surface area contributed by atoms with Gasteiger partial charge >= 0.3 is 0 Å². The molecule has 0 aliphatic carbocycles. The maximum absolute atomic E-state index is 12.2. The van der Waals surface area contributed by atoms with Crippen LogP contribution in [-0.4, -0.2) is 31.0 Å². The topological polar surface area (TPSA) is 42.1 Å². The Bertz CT molecular complexity index is 277. The molecule has 0 aromatic carbocycles. The fraction of sp³-hybridized carbons (Fsp3) is 0.625. The van der Waals surface area contributed by atoms with Gasteiger partial charge in [0, 0.05) is 18.5 Å². The van der Waals surface area contributed by atoms with Crippen molar-refractivity contribution in [3.05, 3.63) is 11.1 Å². The summed E-state index contributed by atoms with van der Waals surface area (Å²) in [7, 11) is 0. The molecule has 3 nitrogen and oxygen atoms in total. The first kappa shape index (κ1) is 11.3. The number of rotatable bonds is 5. The standard InChI is InChI=1S/C8H13F2N3S/c1-6-5-14-8(12-6)13(3-2-11)4-7(9)10/h5,7H,2-4,11H2,1H3. The lowest BCUT2D eigenvalue weighted by Gasteiger charge is -2.20. The van der Waals surface area contributed by atoms with Crippen molar-refractivity contribution in [1.82, 2.24) is 4.98 Å². The van der Waals surface area contributed by atoms with Crippen molar-refractivity contribution >= 4 is 16.5 Å². The van der Waals surface area contributed by atoms with Crippen LogP contribution in [0.3, 0.4) is 0 Å². The molecule has 0 saturated carbocycles. The fourth-order valence-corrected chi connectivity index (χ4v) is 1.91. The monoisotopic (exact) mass is 221 g/mol. The summed E-state index contributed by atoms with van der Waals surface area (Å²) in [4.78, 5) is 5.65. The van der Waals surface area contributed by atoms with Crippen LogP contribution in [0.1, 0.15) is 5.69 Å². The number of hydrogen-bond donors (Lipinski definition) is 1. The molecule has 1 heterocycles. The number of alkyl halides is 2. The van der Waals surface area contributed by atoms with Crippen LogP contribution in [0.15, 0.2) is 5.38 Å². The number of aryl methyl sites for hydroxylation is 1. The van der Waals surface area contributed by atoms with Crippen LogP contribution in [0, 0.1) is 6.92 Å². The van der Waals surface area contributed by atoms with Crippen molar-refractivity contribution in [3.63, 3.8) is 0 Å². The third kappa shape index (κ3) is 3.19. The zero-order valence-electron chi connectivity index (χ0n) is 7.91. The van der Waals surface area contributed by atoms with E-state index >= 15 is 0 Å². The molecule has 1 aromatic heterocycles. The highest BCUT2D eigenvalue weighted by atomic mass is 32.1. The van der Waals surface area contributed by atoms with Gasteiger partial charge in [0.2, 0.25) is 0 Å². The summed E-state index contributed by atoms with van der Waals surface area (Å²) >= 11 is 1.37. The largest absolute Gasteiger partial charge is 0.341 e. The highest BCUT2D eigenvalue weighted by Crippen LogP contribution is 2.20. The number of hydrogen-bond acceptors (Lipinski definition) is 4. The van der Waals surface area contributed by atoms with Gasteiger partial charge in [0.25, 0.3) is 6.43 Å². The molecule has 6 heteroatoms. The highest BCUT2D eigenvalue weighted by Gasteiger charge is 2.14. The van der Waals surface area contributed by atoms with E-state index in [0.29, 0.717) is 18.2 Å². The van der Waals surface area contributed by atoms with Crippen molar-refractivity contribution in [1.29, 1.82) is 0 Å². The summed E-state index contributed by atoms with van der Waals surface area (Å²) in [6.45, 7) is 2.30. The fourth-order valence-electron chi connectivity index (χ4n) is 1.07. The van der Waals surface area contributed by atoms with E-state index in [9.17, 15) is 8.78 Å². The lowest BCUT2D eigenvalue weighted by Crippen LogP contribution is -2.33. The molecule has 1 rings (SSSR count). The van der Waals surface area contributed by atoms with Crippen molar-refractivity contribution in [2.24, 2.45) is 5.73 Å². The average Bonchev–Trinajstić information content (AvgIpc) is 2.50. The molecule has 0 spiro atoms. The van der Waals surface area contributed by atoms with Gasteiger partial charge in [0.05, 0.1) is 12.2 Å². The minimum absolute atomic E-state index is 0.301. The third-order valence-electron chi connectivity index (χ3n) is 1.63. The van der Waals surface area contributed by atoms with Gasteiger partial charge in [0.1, 0.15) is 0 Å². The summed E-state index contributed by atoms with van der Waals surface area (Å²) < 4.78 is 24.4. The molecule has 0 aliphatic rings. The first-order valence-corrected chi connectivity index (χ1v) is 5.16. The van der Waals surface area contributed by atoms with Gasteiger partial charge in [-0.3, -0.25) is 0 Å². The second-order valence-electron chi connectivity index (χ2n) is 2.90. The lowest BCUT2D eigenvalue weighted by molar-refractivity contribution is 0.155. The van der Waals surface area contributed by atoms with Crippen LogP contribution < -0.4 is 10.6 Å². The Balaban J connectivity index is 2.66. The normalized spacial score (nSPS) is 10.9. The summed E-state index contributed by atoms with van der Waals surface area (Å²) in [5.41, 5.74) is 6.19. The van der Waals surface area contributed by atoms with Crippen molar-refractivity contribution < 1.29 is 8.78 Å². The zero-order valence-corrected chi connectivity index (χ0v) is 8.73. The van der Waals surface area contributed by atoms with E-state index in [2.05, 4.69) is 4.98 Å². The average molecular weight is 221 g/mol. The smallest absolute Gasteiger partial charge is 0.255 e. The Labute approximate surface area is 85.5 Å². The van der Waals surface area contributed by atoms with Crippen molar-refractivity contribution in [2.75, 3.05) is 24.5 Å². The van der Waals surface area contributed by atoms with Gasteiger partial charge in [-0.1, -0.05) is 0 Å². The number of nitrogens with zero attached hydrogens (tertiary/aromatic N) is 2. The summed E-state index contributed by atoms with van der Waals surface area (Å²) in [6, 6.07) is 0. The van der Waals surface area contributed by atoms with Gasteiger partial charge in [-0.25, -0.2) is 13.8 Å². The van der Waals surface area contributed by atoms with Crippen LogP contribution in [-0.2, 0) is 0 Å². The number of anilines is 1. The second kappa shape index (κ2) is 5.21. The van der Waals surface area contributed by atoms with Crippen LogP contribution in [0.5, 0.6) is 0 Å². The molecule has 1 aromatic rings. The second-order valence-corrected chi connectivity index (χ2v) is 3.73. The molecule has 14 heavy (non-hydrogen) atoms. The molecule has 0 saturated heterocycles. The summed E-state index contributed by atoms with van der Waals surface area (Å²) in [5.74, 6) is 0. The molecule has 2 N–H and O–H groups in total. The zero-order chi connectivity index (χ0) is 10.6. The summed E-state index contributed by atoms with van der Waals surface area (Å²) in [6.07, 6.45) is -2.36. The molecule has 0 unspecified atom stereocenters. The first-order valence-electron chi connectivity index (χ1n) is 4.28. The van der Waals surface area contributed by atoms with E-state index in [1.165, 1.54) is 16.2 Å². The van der Waals surface area contributed by atoms with Gasteiger partial charge in [-0.2, -0.15) is 0 Å². The van der Waals surface area contributed by atoms with E-state index < -0.39 is 6.43 Å². The first-order chi connectivity index (χ1) is 6.63. The lowest BCUT2D eigenvalue weighted by atomic mass is 10.5. The number of halogens is 2. The summed E-state index contributed by atoms with van der Waals surface area (Å²) in [5, 5.41) is 2.46. The number of aromatic nitrogens is 1. The molecule has 0 aliphatic heterocycles. The Hall–Kier alpha value is -0.750. The van der Waals surface area contributed by atoms with Crippen LogP contribution in [0.2, 0.25) is 0 Å². The van der Waals surface area contributed by atoms with Crippen LogP contribution in [0.25, 0.3) is 0 Å². The highest BCUT2D eigenvalue weighted by molar-refractivity contribution is 7.13. The van der Waals surface area contributed by atoms with E-state index in [4.69, 9.17) is 5.73 Å². The molecule has 80 valence electrons. The molecule has 0 amide bonds. The van der Waals surface area contributed by atoms with E-state index in [1.807, 2.05) is 12.3 Å². The molecule has 0 fully saturated rings. The maximum Gasteiger partial charge on any atom is 0.255 e. The Morgan fingerprint density at radius 3 is 2.79 bits per heavy atom. The van der Waals surface area contributed by atoms with Crippen LogP contribution in [0.4, 0.5) is 13.9 Å². The van der Waals surface area contributed by atoms with Crippen molar-refractivity contribution in [3.8, 4) is 0 Å². The van der Waals surface area contributed by atoms with Gasteiger partial charge in [-0.05, 0) is 6.92 Å². The molecular weight excluding hydrogens is 208 g/mol. The maximum atomic E-state index is 12.2. The molecule has 0 bridgehead atoms. The molecular formula is C8H13F2N3S. The Morgan fingerprint density at radius 1 is 1.64 bits per heavy atom. The Morgan fingerprint density at radius 2 is 2.36 bits per heavy atom. The van der Waals surface area contributed by atoms with Gasteiger partial charge < -0.3 is 10.6 Å². The predicted molar refractivity (Wildman–Crippen MR) is 54.1 cm³/mol. The van der Waals surface area contributed by atoms with Gasteiger partial charge in [-0.15, -0.1) is 11.3 Å². The minimum atomic E-state index is -2.36. The quantitative estimate of drug-likeness (QED) is 0.819. The minimum Gasteiger partial charge on any atom is -0.341 e. The number of nitrogens with two attached hydrogens (primary N) is 1. The Kier molecular flexibility index (Phi) is 4.21. The molecule has 0 atom stereocenters. The van der Waals surface area contributed by atoms with Gasteiger partial charge in [0.15, 0.2) is 5.13 Å². The van der Waals surface area contributed by atoms with E-state index in [0.717, 1.165) is 5.69 Å². The number of thiazole rings is 1. The predicted octanol–water partition coefficient (Wildman–Crippen LogP) is 1.48. The van der Waals surface area contributed by atoms with E-state index in [1.54, 1.807) is 0 Å². The van der Waals surface area contributed by atoms with Crippen molar-refractivity contribution in [2.45, 2.75) is 13.3 Å². The SMILES string of the molecule is Cc1csc(N(CCN)CC(F)F)n1.